The lowest BCUT2D eigenvalue weighted by Crippen LogP contribution is -2.41. The molecule has 2 aromatic rings. The van der Waals surface area contributed by atoms with E-state index in [2.05, 4.69) is 49.7 Å². The van der Waals surface area contributed by atoms with Crippen molar-refractivity contribution in [3.05, 3.63) is 0 Å². The Bertz CT molecular complexity index is 691. The number of hydrogen-bond acceptors (Lipinski definition) is 9. The summed E-state index contributed by atoms with van der Waals surface area (Å²) in [4.78, 5) is 11.5. The lowest BCUT2D eigenvalue weighted by Gasteiger charge is -2.35. The van der Waals surface area contributed by atoms with Crippen molar-refractivity contribution < 1.29 is 9.37 Å². The maximum atomic E-state index is 5.09. The van der Waals surface area contributed by atoms with Crippen LogP contribution in [0.5, 0.6) is 0 Å². The van der Waals surface area contributed by atoms with Crippen molar-refractivity contribution in [1.82, 2.24) is 25.2 Å². The number of rotatable bonds is 9. The van der Waals surface area contributed by atoms with Gasteiger partial charge in [-0.25, -0.2) is 14.6 Å². The smallest absolute Gasteiger partial charge is 0.245 e. The van der Waals surface area contributed by atoms with Crippen LogP contribution in [0, 0.1) is 5.92 Å². The molecule has 144 valence electrons. The van der Waals surface area contributed by atoms with Crippen molar-refractivity contribution in [1.29, 1.82) is 0 Å². The Labute approximate surface area is 153 Å². The largest absolute Gasteiger partial charge is 0.385 e. The molecule has 1 atom stereocenters. The molecular weight excluding hydrogens is 334 g/mol. The van der Waals surface area contributed by atoms with Crippen LogP contribution in [0.4, 0.5) is 11.6 Å². The number of methoxy groups -OCH3 is 1. The fourth-order valence-corrected chi connectivity index (χ4v) is 3.28. The van der Waals surface area contributed by atoms with Crippen LogP contribution >= 0.6 is 0 Å². The van der Waals surface area contributed by atoms with Crippen molar-refractivity contribution in [2.45, 2.75) is 39.2 Å². The second-order valence-electron chi connectivity index (χ2n) is 7.08. The van der Waals surface area contributed by atoms with E-state index in [4.69, 9.17) is 9.37 Å². The van der Waals surface area contributed by atoms with Gasteiger partial charge in [0.2, 0.25) is 11.3 Å². The first-order valence-corrected chi connectivity index (χ1v) is 9.38. The highest BCUT2D eigenvalue weighted by Gasteiger charge is 2.22. The first-order chi connectivity index (χ1) is 12.7. The minimum atomic E-state index is 0.411. The highest BCUT2D eigenvalue weighted by Crippen LogP contribution is 2.22. The molecule has 0 aliphatic carbocycles. The van der Waals surface area contributed by atoms with E-state index in [-0.39, 0.29) is 0 Å². The number of piperidine rings is 1. The van der Waals surface area contributed by atoms with Gasteiger partial charge in [-0.3, -0.25) is 0 Å². The fourth-order valence-electron chi connectivity index (χ4n) is 3.28. The molecule has 1 fully saturated rings. The van der Waals surface area contributed by atoms with E-state index in [9.17, 15) is 0 Å². The summed E-state index contributed by atoms with van der Waals surface area (Å²) in [6.45, 7) is 9.13. The maximum Gasteiger partial charge on any atom is 0.245 e. The van der Waals surface area contributed by atoms with E-state index >= 15 is 0 Å². The van der Waals surface area contributed by atoms with Gasteiger partial charge in [0.15, 0.2) is 11.6 Å². The van der Waals surface area contributed by atoms with Gasteiger partial charge < -0.3 is 20.3 Å². The van der Waals surface area contributed by atoms with Crippen molar-refractivity contribution in [2.75, 3.05) is 50.5 Å². The number of anilines is 2. The summed E-state index contributed by atoms with van der Waals surface area (Å²) in [5.41, 5.74) is 0.829. The summed E-state index contributed by atoms with van der Waals surface area (Å²) < 4.78 is 9.84. The first-order valence-electron chi connectivity index (χ1n) is 9.38. The Morgan fingerprint density at radius 1 is 1.19 bits per heavy atom. The molecule has 1 aliphatic heterocycles. The van der Waals surface area contributed by atoms with Gasteiger partial charge in [0, 0.05) is 39.4 Å². The third-order valence-corrected chi connectivity index (χ3v) is 4.77. The van der Waals surface area contributed by atoms with Gasteiger partial charge in [0.25, 0.3) is 0 Å². The Hall–Kier alpha value is -2.00. The summed E-state index contributed by atoms with van der Waals surface area (Å²) in [6.07, 6.45) is 3.36. The van der Waals surface area contributed by atoms with E-state index in [1.54, 1.807) is 7.11 Å². The molecule has 0 bridgehead atoms. The Balaban J connectivity index is 1.65. The van der Waals surface area contributed by atoms with Crippen molar-refractivity contribution in [3.8, 4) is 0 Å². The van der Waals surface area contributed by atoms with Crippen LogP contribution in [0.3, 0.4) is 0 Å². The van der Waals surface area contributed by atoms with Crippen LogP contribution < -0.4 is 10.6 Å². The highest BCUT2D eigenvalue weighted by molar-refractivity contribution is 5.73. The second kappa shape index (κ2) is 9.09. The number of nitrogens with one attached hydrogen (secondary N) is 2. The zero-order valence-electron chi connectivity index (χ0n) is 15.9. The van der Waals surface area contributed by atoms with Crippen LogP contribution in [-0.4, -0.2) is 71.1 Å². The lowest BCUT2D eigenvalue weighted by atomic mass is 9.97. The van der Waals surface area contributed by atoms with E-state index in [0.29, 0.717) is 41.5 Å². The quantitative estimate of drug-likeness (QED) is 0.648. The van der Waals surface area contributed by atoms with Gasteiger partial charge in [0.1, 0.15) is 0 Å². The molecule has 0 spiro atoms. The topological polar surface area (TPSA) is 101 Å². The van der Waals surface area contributed by atoms with Gasteiger partial charge >= 0.3 is 0 Å². The minimum absolute atomic E-state index is 0.411. The molecule has 2 aromatic heterocycles. The third kappa shape index (κ3) is 4.79. The SMILES string of the molecule is COCCCNc1nc2nonc2nc1NCC1CCCN(C(C)C)C1. The number of likely N-dealkylation sites (tertiary alicyclic amines) is 1. The molecule has 26 heavy (non-hydrogen) atoms. The predicted octanol–water partition coefficient (Wildman–Crippen LogP) is 1.99. The van der Waals surface area contributed by atoms with E-state index in [1.807, 2.05) is 0 Å². The molecule has 0 amide bonds. The molecule has 3 rings (SSSR count). The fraction of sp³-hybridized carbons (Fsp3) is 0.765. The summed E-state index contributed by atoms with van der Waals surface area (Å²) >= 11 is 0. The maximum absolute atomic E-state index is 5.09. The predicted molar refractivity (Wildman–Crippen MR) is 100 cm³/mol. The minimum Gasteiger partial charge on any atom is -0.385 e. The molecule has 1 saturated heterocycles. The van der Waals surface area contributed by atoms with Crippen LogP contribution in [0.15, 0.2) is 4.63 Å². The van der Waals surface area contributed by atoms with E-state index in [1.165, 1.54) is 19.4 Å². The number of hydrogen-bond donors (Lipinski definition) is 2. The molecule has 9 heteroatoms. The number of fused-ring (bicyclic) bond motifs is 1. The number of aromatic nitrogens is 4. The number of ether oxygens (including phenoxy) is 1. The normalized spacial score (nSPS) is 18.5. The van der Waals surface area contributed by atoms with Crippen LogP contribution in [-0.2, 0) is 4.74 Å². The number of nitrogens with zero attached hydrogens (tertiary/aromatic N) is 5. The summed E-state index contributed by atoms with van der Waals surface area (Å²) in [5.74, 6) is 1.98. The average Bonchev–Trinajstić information content (AvgIpc) is 3.10. The van der Waals surface area contributed by atoms with Crippen molar-refractivity contribution in [3.63, 3.8) is 0 Å². The zero-order valence-corrected chi connectivity index (χ0v) is 15.9. The van der Waals surface area contributed by atoms with E-state index in [0.717, 1.165) is 26.1 Å². The highest BCUT2D eigenvalue weighted by atomic mass is 16.6. The van der Waals surface area contributed by atoms with Gasteiger partial charge in [-0.15, -0.1) is 0 Å². The molecule has 2 N–H and O–H groups in total. The third-order valence-electron chi connectivity index (χ3n) is 4.77. The molecule has 0 aromatic carbocycles. The van der Waals surface area contributed by atoms with Gasteiger partial charge in [-0.2, -0.15) is 0 Å². The Kier molecular flexibility index (Phi) is 6.56. The first kappa shape index (κ1) is 18.8. The van der Waals surface area contributed by atoms with Crippen molar-refractivity contribution in [2.24, 2.45) is 5.92 Å². The Morgan fingerprint density at radius 3 is 2.62 bits per heavy atom. The summed E-state index contributed by atoms with van der Waals surface area (Å²) in [7, 11) is 1.70. The standard InChI is InChI=1S/C17H29N7O2/c1-12(2)24-8-4-6-13(11-24)10-19-15-14(18-7-5-9-25-3)20-16-17(21-15)23-26-22-16/h12-13H,4-11H2,1-3H3,(H,18,20,22)(H,19,21,23). The molecule has 0 saturated carbocycles. The van der Waals surface area contributed by atoms with Gasteiger partial charge in [-0.05, 0) is 55.9 Å². The molecule has 1 aliphatic rings. The van der Waals surface area contributed by atoms with E-state index < -0.39 is 0 Å². The Morgan fingerprint density at radius 2 is 1.92 bits per heavy atom. The average molecular weight is 363 g/mol. The lowest BCUT2D eigenvalue weighted by molar-refractivity contribution is 0.145. The van der Waals surface area contributed by atoms with Gasteiger partial charge in [0.05, 0.1) is 0 Å². The van der Waals surface area contributed by atoms with Gasteiger partial charge in [-0.1, -0.05) is 0 Å². The molecular formula is C17H29N7O2. The van der Waals surface area contributed by atoms with Crippen LogP contribution in [0.1, 0.15) is 33.1 Å². The monoisotopic (exact) mass is 363 g/mol. The molecule has 0 radical (unpaired) electrons. The second-order valence-corrected chi connectivity index (χ2v) is 7.08. The van der Waals surface area contributed by atoms with Crippen LogP contribution in [0.2, 0.25) is 0 Å². The zero-order chi connectivity index (χ0) is 18.4. The van der Waals surface area contributed by atoms with Crippen LogP contribution in [0.25, 0.3) is 11.3 Å². The molecule has 1 unspecified atom stereocenters. The molecule has 9 nitrogen and oxygen atoms in total. The van der Waals surface area contributed by atoms with Crippen molar-refractivity contribution >= 4 is 22.9 Å². The summed E-state index contributed by atoms with van der Waals surface area (Å²) in [5, 5.41) is 14.4. The summed E-state index contributed by atoms with van der Waals surface area (Å²) in [6, 6.07) is 0.591. The molecule has 3 heterocycles.